The van der Waals surface area contributed by atoms with E-state index in [9.17, 15) is 5.11 Å². The van der Waals surface area contributed by atoms with Crippen molar-refractivity contribution < 1.29 is 9.84 Å². The van der Waals surface area contributed by atoms with Crippen LogP contribution >= 0.6 is 11.3 Å². The number of aliphatic hydroxyl groups is 1. The number of hydrogen-bond donors (Lipinski definition) is 1. The molecule has 0 aliphatic carbocycles. The molecule has 1 aromatic heterocycles. The van der Waals surface area contributed by atoms with Gasteiger partial charge >= 0.3 is 0 Å². The van der Waals surface area contributed by atoms with Gasteiger partial charge in [0, 0.05) is 30.6 Å². The van der Waals surface area contributed by atoms with Crippen molar-refractivity contribution in [2.45, 2.75) is 19.4 Å². The Kier molecular flexibility index (Phi) is 3.56. The molecule has 1 saturated heterocycles. The molecular formula is C10H16N2O2S. The zero-order valence-electron chi connectivity index (χ0n) is 8.85. The molecule has 0 spiro atoms. The van der Waals surface area contributed by atoms with Crippen molar-refractivity contribution in [1.29, 1.82) is 0 Å². The Balaban J connectivity index is 1.99. The van der Waals surface area contributed by atoms with Crippen LogP contribution in [0.25, 0.3) is 0 Å². The van der Waals surface area contributed by atoms with Gasteiger partial charge in [-0.1, -0.05) is 0 Å². The van der Waals surface area contributed by atoms with Crippen molar-refractivity contribution >= 4 is 16.5 Å². The van der Waals surface area contributed by atoms with E-state index in [0.29, 0.717) is 6.42 Å². The second-order valence-corrected chi connectivity index (χ2v) is 4.86. The highest BCUT2D eigenvalue weighted by atomic mass is 32.1. The molecule has 0 unspecified atom stereocenters. The Morgan fingerprint density at radius 3 is 3.00 bits per heavy atom. The van der Waals surface area contributed by atoms with Gasteiger partial charge in [0.25, 0.3) is 0 Å². The maximum absolute atomic E-state index is 9.27. The lowest BCUT2D eigenvalue weighted by atomic mass is 10.3. The second kappa shape index (κ2) is 4.92. The van der Waals surface area contributed by atoms with Gasteiger partial charge in [-0.15, -0.1) is 11.3 Å². The molecule has 1 aromatic rings. The van der Waals surface area contributed by atoms with Crippen LogP contribution in [0.2, 0.25) is 0 Å². The molecule has 0 aromatic carbocycles. The van der Waals surface area contributed by atoms with E-state index >= 15 is 0 Å². The van der Waals surface area contributed by atoms with Gasteiger partial charge in [-0.05, 0) is 6.92 Å². The summed E-state index contributed by atoms with van der Waals surface area (Å²) in [6, 6.07) is 0. The number of thiazole rings is 1. The van der Waals surface area contributed by atoms with Gasteiger partial charge in [-0.3, -0.25) is 0 Å². The van der Waals surface area contributed by atoms with Crippen LogP contribution in [0.3, 0.4) is 0 Å². The molecule has 1 fully saturated rings. The predicted octanol–water partition coefficient (Wildman–Crippen LogP) is 0.903. The van der Waals surface area contributed by atoms with E-state index in [-0.39, 0.29) is 6.10 Å². The highest BCUT2D eigenvalue weighted by molar-refractivity contribution is 7.15. The molecule has 1 atom stereocenters. The molecule has 5 heteroatoms. The molecule has 4 nitrogen and oxygen atoms in total. The van der Waals surface area contributed by atoms with Crippen molar-refractivity contribution in [3.05, 3.63) is 11.1 Å². The molecule has 0 saturated carbocycles. The van der Waals surface area contributed by atoms with E-state index in [2.05, 4.69) is 9.88 Å². The molecule has 1 N–H and O–H groups in total. The van der Waals surface area contributed by atoms with E-state index < -0.39 is 0 Å². The smallest absolute Gasteiger partial charge is 0.185 e. The zero-order valence-corrected chi connectivity index (χ0v) is 9.66. The van der Waals surface area contributed by atoms with Gasteiger partial charge in [0.1, 0.15) is 0 Å². The van der Waals surface area contributed by atoms with Crippen molar-refractivity contribution in [3.63, 3.8) is 0 Å². The fourth-order valence-electron chi connectivity index (χ4n) is 1.58. The summed E-state index contributed by atoms with van der Waals surface area (Å²) < 4.78 is 5.29. The normalized spacial score (nSPS) is 19.2. The number of aromatic nitrogens is 1. The quantitative estimate of drug-likeness (QED) is 0.835. The Hall–Kier alpha value is -0.650. The van der Waals surface area contributed by atoms with Gasteiger partial charge in [0.2, 0.25) is 0 Å². The van der Waals surface area contributed by atoms with Crippen molar-refractivity contribution in [3.8, 4) is 0 Å². The first-order valence-electron chi connectivity index (χ1n) is 5.21. The summed E-state index contributed by atoms with van der Waals surface area (Å²) >= 11 is 1.67. The lowest BCUT2D eigenvalue weighted by molar-refractivity contribution is 0.122. The van der Waals surface area contributed by atoms with Gasteiger partial charge in [-0.2, -0.15) is 0 Å². The summed E-state index contributed by atoms with van der Waals surface area (Å²) in [5.41, 5.74) is 0. The number of rotatable bonds is 3. The Labute approximate surface area is 93.5 Å². The number of nitrogens with zero attached hydrogens (tertiary/aromatic N) is 2. The van der Waals surface area contributed by atoms with Crippen LogP contribution < -0.4 is 4.90 Å². The van der Waals surface area contributed by atoms with Crippen molar-refractivity contribution in [2.75, 3.05) is 31.2 Å². The summed E-state index contributed by atoms with van der Waals surface area (Å²) in [7, 11) is 0. The molecule has 2 heterocycles. The first kappa shape index (κ1) is 10.9. The minimum absolute atomic E-state index is 0.289. The van der Waals surface area contributed by atoms with E-state index in [4.69, 9.17) is 4.74 Å². The standard InChI is InChI=1S/C10H16N2O2S/c1-8(13)6-9-7-11-10(15-9)12-2-4-14-5-3-12/h7-8,13H,2-6H2,1H3/t8-/m0/s1. The molecular weight excluding hydrogens is 212 g/mol. The molecule has 1 aliphatic rings. The second-order valence-electron chi connectivity index (χ2n) is 3.76. The zero-order chi connectivity index (χ0) is 10.7. The first-order chi connectivity index (χ1) is 7.25. The third kappa shape index (κ3) is 2.90. The maximum atomic E-state index is 9.27. The summed E-state index contributed by atoms with van der Waals surface area (Å²) in [6.45, 7) is 5.20. The van der Waals surface area contributed by atoms with Gasteiger partial charge in [-0.25, -0.2) is 4.98 Å². The summed E-state index contributed by atoms with van der Waals surface area (Å²) in [5, 5.41) is 10.3. The summed E-state index contributed by atoms with van der Waals surface area (Å²) in [5.74, 6) is 0. The van der Waals surface area contributed by atoms with Crippen LogP contribution in [-0.2, 0) is 11.2 Å². The number of ether oxygens (including phenoxy) is 1. The lowest BCUT2D eigenvalue weighted by Gasteiger charge is -2.25. The van der Waals surface area contributed by atoms with Crippen LogP contribution in [0.4, 0.5) is 5.13 Å². The van der Waals surface area contributed by atoms with Crippen LogP contribution in [0.5, 0.6) is 0 Å². The minimum atomic E-state index is -0.289. The fraction of sp³-hybridized carbons (Fsp3) is 0.700. The van der Waals surface area contributed by atoms with E-state index in [1.807, 2.05) is 6.20 Å². The molecule has 0 radical (unpaired) electrons. The fourth-order valence-corrected chi connectivity index (χ4v) is 2.67. The number of aliphatic hydroxyl groups excluding tert-OH is 1. The minimum Gasteiger partial charge on any atom is -0.393 e. The number of morpholine rings is 1. The molecule has 0 amide bonds. The average molecular weight is 228 g/mol. The maximum Gasteiger partial charge on any atom is 0.185 e. The number of anilines is 1. The highest BCUT2D eigenvalue weighted by Gasteiger charge is 2.14. The molecule has 84 valence electrons. The van der Waals surface area contributed by atoms with Crippen molar-refractivity contribution in [2.24, 2.45) is 0 Å². The summed E-state index contributed by atoms with van der Waals surface area (Å²) in [4.78, 5) is 7.75. The van der Waals surface area contributed by atoms with E-state index in [0.717, 1.165) is 36.3 Å². The summed E-state index contributed by atoms with van der Waals surface area (Å²) in [6.07, 6.45) is 2.27. The van der Waals surface area contributed by atoms with E-state index in [1.165, 1.54) is 0 Å². The van der Waals surface area contributed by atoms with Gasteiger partial charge in [0.05, 0.1) is 19.3 Å². The lowest BCUT2D eigenvalue weighted by Crippen LogP contribution is -2.36. The molecule has 15 heavy (non-hydrogen) atoms. The van der Waals surface area contributed by atoms with Crippen LogP contribution in [0.1, 0.15) is 11.8 Å². The largest absolute Gasteiger partial charge is 0.393 e. The molecule has 2 rings (SSSR count). The average Bonchev–Trinajstić information content (AvgIpc) is 2.67. The Morgan fingerprint density at radius 2 is 2.33 bits per heavy atom. The molecule has 1 aliphatic heterocycles. The monoisotopic (exact) mass is 228 g/mol. The van der Waals surface area contributed by atoms with Crippen molar-refractivity contribution in [1.82, 2.24) is 4.98 Å². The Bertz CT molecular complexity index is 308. The SMILES string of the molecule is C[C@H](O)Cc1cnc(N2CCOCC2)s1. The predicted molar refractivity (Wildman–Crippen MR) is 60.5 cm³/mol. The van der Waals surface area contributed by atoms with E-state index in [1.54, 1.807) is 18.3 Å². The third-order valence-electron chi connectivity index (χ3n) is 2.32. The molecule has 0 bridgehead atoms. The first-order valence-corrected chi connectivity index (χ1v) is 6.03. The van der Waals surface area contributed by atoms with Gasteiger partial charge < -0.3 is 14.7 Å². The number of hydrogen-bond acceptors (Lipinski definition) is 5. The van der Waals surface area contributed by atoms with Crippen LogP contribution in [-0.4, -0.2) is 42.5 Å². The highest BCUT2D eigenvalue weighted by Crippen LogP contribution is 2.24. The Morgan fingerprint density at radius 1 is 1.60 bits per heavy atom. The van der Waals surface area contributed by atoms with Crippen LogP contribution in [0.15, 0.2) is 6.20 Å². The van der Waals surface area contributed by atoms with Gasteiger partial charge in [0.15, 0.2) is 5.13 Å². The topological polar surface area (TPSA) is 45.6 Å². The third-order valence-corrected chi connectivity index (χ3v) is 3.40. The van der Waals surface area contributed by atoms with Crippen LogP contribution in [0, 0.1) is 0 Å².